The molecule has 0 aliphatic carbocycles. The largest absolute Gasteiger partial charge is 0.386 e. The zero-order valence-corrected chi connectivity index (χ0v) is 17.3. The quantitative estimate of drug-likeness (QED) is 0.291. The molecule has 1 atom stereocenters. The Hall–Kier alpha value is -0.820. The Morgan fingerprint density at radius 1 is 1.20 bits per heavy atom. The van der Waals surface area contributed by atoms with E-state index in [1.54, 1.807) is 6.07 Å². The molecule has 0 aliphatic heterocycles. The molecule has 0 aliphatic rings. The van der Waals surface area contributed by atoms with E-state index in [1.165, 1.54) is 43.6 Å². The van der Waals surface area contributed by atoms with Gasteiger partial charge in [-0.15, -0.1) is 11.3 Å². The summed E-state index contributed by atoms with van der Waals surface area (Å²) in [5.41, 5.74) is 0. The van der Waals surface area contributed by atoms with Gasteiger partial charge in [-0.2, -0.15) is 0 Å². The van der Waals surface area contributed by atoms with Crippen molar-refractivity contribution in [2.45, 2.75) is 45.1 Å². The summed E-state index contributed by atoms with van der Waals surface area (Å²) < 4.78 is 0.689. The Balaban J connectivity index is 2.22. The SMILES string of the molecule is CCNC(=NCC(O)c1ccc(Cl)s1)NCCCCCCCN(C)C. The second-order valence-electron chi connectivity index (χ2n) is 6.38. The standard InChI is InChI=1S/C18H33ClN4OS/c1-4-20-18(21-12-8-6-5-7-9-13-23(2)3)22-14-15(24)16-10-11-17(19)25-16/h10-11,15,24H,4-9,12-14H2,1-3H3,(H2,20,21,22). The van der Waals surface area contributed by atoms with Gasteiger partial charge in [-0.3, -0.25) is 4.99 Å². The maximum absolute atomic E-state index is 10.2. The van der Waals surface area contributed by atoms with E-state index in [0.29, 0.717) is 10.9 Å². The highest BCUT2D eigenvalue weighted by Gasteiger charge is 2.10. The first-order valence-electron chi connectivity index (χ1n) is 9.13. The number of thiophene rings is 1. The molecule has 25 heavy (non-hydrogen) atoms. The molecule has 0 aromatic carbocycles. The van der Waals surface area contributed by atoms with Crippen molar-refractivity contribution in [2.24, 2.45) is 4.99 Å². The number of nitrogens with zero attached hydrogens (tertiary/aromatic N) is 2. The van der Waals surface area contributed by atoms with E-state index >= 15 is 0 Å². The van der Waals surface area contributed by atoms with Crippen LogP contribution in [0, 0.1) is 0 Å². The van der Waals surface area contributed by atoms with Crippen LogP contribution in [0.5, 0.6) is 0 Å². The molecule has 0 saturated carbocycles. The predicted octanol–water partition coefficient (Wildman–Crippen LogP) is 3.50. The molecule has 0 fully saturated rings. The highest BCUT2D eigenvalue weighted by Crippen LogP contribution is 2.26. The van der Waals surface area contributed by atoms with Crippen molar-refractivity contribution in [2.75, 3.05) is 40.3 Å². The monoisotopic (exact) mass is 388 g/mol. The van der Waals surface area contributed by atoms with Gasteiger partial charge < -0.3 is 20.6 Å². The molecule has 3 N–H and O–H groups in total. The van der Waals surface area contributed by atoms with Gasteiger partial charge in [0.15, 0.2) is 5.96 Å². The number of hydrogen-bond acceptors (Lipinski definition) is 4. The van der Waals surface area contributed by atoms with E-state index < -0.39 is 6.10 Å². The molecule has 0 bridgehead atoms. The molecule has 5 nitrogen and oxygen atoms in total. The van der Waals surface area contributed by atoms with Crippen LogP contribution in [0.1, 0.15) is 50.0 Å². The fourth-order valence-electron chi connectivity index (χ4n) is 2.41. The van der Waals surface area contributed by atoms with Crippen molar-refractivity contribution in [3.63, 3.8) is 0 Å². The molecule has 1 rings (SSSR count). The molecule has 0 saturated heterocycles. The molecule has 0 radical (unpaired) electrons. The Morgan fingerprint density at radius 3 is 2.56 bits per heavy atom. The van der Waals surface area contributed by atoms with Crippen LogP contribution in [-0.2, 0) is 0 Å². The number of halogens is 1. The van der Waals surface area contributed by atoms with Crippen LogP contribution in [0.4, 0.5) is 0 Å². The van der Waals surface area contributed by atoms with E-state index in [1.807, 2.05) is 13.0 Å². The van der Waals surface area contributed by atoms with Crippen LogP contribution in [0.3, 0.4) is 0 Å². The third kappa shape index (κ3) is 10.7. The number of guanidine groups is 1. The summed E-state index contributed by atoms with van der Waals surface area (Å²) in [5, 5.41) is 16.7. The van der Waals surface area contributed by atoms with Crippen LogP contribution in [0.2, 0.25) is 4.34 Å². The molecule has 1 heterocycles. The van der Waals surface area contributed by atoms with E-state index in [4.69, 9.17) is 11.6 Å². The zero-order valence-electron chi connectivity index (χ0n) is 15.7. The van der Waals surface area contributed by atoms with Crippen molar-refractivity contribution in [1.29, 1.82) is 0 Å². The average Bonchev–Trinajstić information content (AvgIpc) is 3.01. The highest BCUT2D eigenvalue weighted by molar-refractivity contribution is 7.16. The lowest BCUT2D eigenvalue weighted by molar-refractivity contribution is 0.191. The minimum Gasteiger partial charge on any atom is -0.386 e. The van der Waals surface area contributed by atoms with E-state index in [0.717, 1.165) is 30.3 Å². The number of aliphatic imine (C=N–C) groups is 1. The second kappa shape index (κ2) is 13.4. The average molecular weight is 389 g/mol. The van der Waals surface area contributed by atoms with Crippen LogP contribution in [0.15, 0.2) is 17.1 Å². The molecule has 1 aromatic heterocycles. The number of nitrogens with one attached hydrogen (secondary N) is 2. The van der Waals surface area contributed by atoms with Gasteiger partial charge in [-0.05, 0) is 52.5 Å². The fraction of sp³-hybridized carbons (Fsp3) is 0.722. The topological polar surface area (TPSA) is 59.9 Å². The van der Waals surface area contributed by atoms with Crippen LogP contribution >= 0.6 is 22.9 Å². The van der Waals surface area contributed by atoms with Gasteiger partial charge in [0.25, 0.3) is 0 Å². The Morgan fingerprint density at radius 2 is 1.92 bits per heavy atom. The lowest BCUT2D eigenvalue weighted by atomic mass is 10.1. The van der Waals surface area contributed by atoms with Gasteiger partial charge in [-0.25, -0.2) is 0 Å². The first-order chi connectivity index (χ1) is 12.0. The number of rotatable bonds is 12. The molecule has 0 spiro atoms. The molecule has 1 unspecified atom stereocenters. The zero-order chi connectivity index (χ0) is 18.5. The first-order valence-corrected chi connectivity index (χ1v) is 10.3. The fourth-order valence-corrected chi connectivity index (χ4v) is 3.45. The number of aliphatic hydroxyl groups is 1. The summed E-state index contributed by atoms with van der Waals surface area (Å²) in [7, 11) is 4.24. The summed E-state index contributed by atoms with van der Waals surface area (Å²) in [4.78, 5) is 7.55. The molecule has 1 aromatic rings. The van der Waals surface area contributed by atoms with E-state index in [-0.39, 0.29) is 0 Å². The normalized spacial score (nSPS) is 13.3. The van der Waals surface area contributed by atoms with Crippen molar-refractivity contribution in [3.05, 3.63) is 21.3 Å². The Labute approximate surface area is 161 Å². The number of hydrogen-bond donors (Lipinski definition) is 3. The summed E-state index contributed by atoms with van der Waals surface area (Å²) in [6.07, 6.45) is 5.61. The summed E-state index contributed by atoms with van der Waals surface area (Å²) in [6.45, 7) is 5.25. The third-order valence-corrected chi connectivity index (χ3v) is 5.10. The lowest BCUT2D eigenvalue weighted by Crippen LogP contribution is -2.38. The summed E-state index contributed by atoms with van der Waals surface area (Å²) in [5.74, 6) is 0.761. The van der Waals surface area contributed by atoms with E-state index in [2.05, 4.69) is 34.6 Å². The lowest BCUT2D eigenvalue weighted by Gasteiger charge is -2.13. The summed E-state index contributed by atoms with van der Waals surface area (Å²) >= 11 is 7.30. The van der Waals surface area contributed by atoms with E-state index in [9.17, 15) is 5.11 Å². The molecule has 0 amide bonds. The highest BCUT2D eigenvalue weighted by atomic mass is 35.5. The number of aliphatic hydroxyl groups excluding tert-OH is 1. The second-order valence-corrected chi connectivity index (χ2v) is 8.12. The van der Waals surface area contributed by atoms with Crippen LogP contribution in [-0.4, -0.2) is 56.2 Å². The van der Waals surface area contributed by atoms with Gasteiger partial charge in [0.05, 0.1) is 10.9 Å². The van der Waals surface area contributed by atoms with Crippen molar-refractivity contribution >= 4 is 28.9 Å². The predicted molar refractivity (Wildman–Crippen MR) is 110 cm³/mol. The molecular formula is C18H33ClN4OS. The maximum atomic E-state index is 10.2. The Kier molecular flexibility index (Phi) is 11.9. The van der Waals surface area contributed by atoms with Gasteiger partial charge >= 0.3 is 0 Å². The molecule has 7 heteroatoms. The van der Waals surface area contributed by atoms with Gasteiger partial charge in [-0.1, -0.05) is 30.9 Å². The molecule has 144 valence electrons. The van der Waals surface area contributed by atoms with Crippen LogP contribution < -0.4 is 10.6 Å². The van der Waals surface area contributed by atoms with Gasteiger partial charge in [0.1, 0.15) is 6.10 Å². The van der Waals surface area contributed by atoms with Gasteiger partial charge in [0, 0.05) is 18.0 Å². The van der Waals surface area contributed by atoms with Crippen molar-refractivity contribution in [1.82, 2.24) is 15.5 Å². The first kappa shape index (κ1) is 22.2. The summed E-state index contributed by atoms with van der Waals surface area (Å²) in [6, 6.07) is 3.65. The van der Waals surface area contributed by atoms with Gasteiger partial charge in [0.2, 0.25) is 0 Å². The Bertz CT molecular complexity index is 493. The smallest absolute Gasteiger partial charge is 0.191 e. The minimum atomic E-state index is -0.607. The van der Waals surface area contributed by atoms with Crippen LogP contribution in [0.25, 0.3) is 0 Å². The molecular weight excluding hydrogens is 356 g/mol. The van der Waals surface area contributed by atoms with Crippen molar-refractivity contribution < 1.29 is 5.11 Å². The minimum absolute atomic E-state index is 0.330. The maximum Gasteiger partial charge on any atom is 0.191 e. The van der Waals surface area contributed by atoms with Crippen molar-refractivity contribution in [3.8, 4) is 0 Å². The number of unbranched alkanes of at least 4 members (excludes halogenated alkanes) is 4. The third-order valence-electron chi connectivity index (χ3n) is 3.76.